The first-order chi connectivity index (χ1) is 16.7. The number of aromatic nitrogens is 2. The average Bonchev–Trinajstić information content (AvgIpc) is 3.42. The Kier molecular flexibility index (Phi) is 8.89. The van der Waals surface area contributed by atoms with Gasteiger partial charge in [-0.15, -0.1) is 11.3 Å². The molecule has 0 saturated carbocycles. The van der Waals surface area contributed by atoms with Gasteiger partial charge in [-0.05, 0) is 37.6 Å². The predicted molar refractivity (Wildman–Crippen MR) is 130 cm³/mol. The molecule has 1 amide bonds. The Labute approximate surface area is 209 Å². The minimum Gasteiger partial charge on any atom is -0.466 e. The summed E-state index contributed by atoms with van der Waals surface area (Å²) in [5.41, 5.74) is 0.687. The van der Waals surface area contributed by atoms with Crippen LogP contribution >= 0.6 is 22.7 Å². The molecule has 0 aliphatic rings. The highest BCUT2D eigenvalue weighted by Crippen LogP contribution is 2.28. The molecule has 0 aliphatic carbocycles. The van der Waals surface area contributed by atoms with Gasteiger partial charge in [-0.1, -0.05) is 18.3 Å². The van der Waals surface area contributed by atoms with Crippen molar-refractivity contribution in [3.8, 4) is 5.06 Å². The van der Waals surface area contributed by atoms with E-state index in [1.807, 2.05) is 6.92 Å². The highest BCUT2D eigenvalue weighted by atomic mass is 32.2. The predicted octanol–water partition coefficient (Wildman–Crippen LogP) is 3.46. The topological polar surface area (TPSA) is 154 Å². The molecular weight excluding hydrogens is 516 g/mol. The van der Waals surface area contributed by atoms with Crippen molar-refractivity contribution in [1.82, 2.24) is 9.97 Å². The lowest BCUT2D eigenvalue weighted by Crippen LogP contribution is -2.15. The Morgan fingerprint density at radius 3 is 2.49 bits per heavy atom. The molecular formula is C21H22N4O7S3. The quantitative estimate of drug-likeness (QED) is 0.349. The second-order valence-corrected chi connectivity index (χ2v) is 10.5. The number of benzene rings is 1. The zero-order valence-corrected chi connectivity index (χ0v) is 21.2. The first-order valence-electron chi connectivity index (χ1n) is 10.4. The third kappa shape index (κ3) is 7.56. The lowest BCUT2D eigenvalue weighted by atomic mass is 10.2. The number of rotatable bonds is 11. The summed E-state index contributed by atoms with van der Waals surface area (Å²) in [5, 5.41) is 4.77. The molecule has 35 heavy (non-hydrogen) atoms. The van der Waals surface area contributed by atoms with E-state index in [4.69, 9.17) is 9.47 Å². The van der Waals surface area contributed by atoms with Crippen LogP contribution in [0.2, 0.25) is 0 Å². The third-order valence-electron chi connectivity index (χ3n) is 4.20. The maximum atomic E-state index is 12.6. The minimum absolute atomic E-state index is 0.00152. The number of carbonyl (C=O) groups is 3. The van der Waals surface area contributed by atoms with E-state index in [1.54, 1.807) is 12.3 Å². The van der Waals surface area contributed by atoms with E-state index in [-0.39, 0.29) is 40.1 Å². The number of nitrogens with zero attached hydrogens (tertiary/aromatic N) is 2. The van der Waals surface area contributed by atoms with Crippen LogP contribution < -0.4 is 14.8 Å². The molecule has 0 aliphatic heterocycles. The molecule has 0 saturated heterocycles. The van der Waals surface area contributed by atoms with Gasteiger partial charge < -0.3 is 9.47 Å². The summed E-state index contributed by atoms with van der Waals surface area (Å²) in [7, 11) is -3.98. The summed E-state index contributed by atoms with van der Waals surface area (Å²) in [6.45, 7) is 3.82. The number of amides is 1. The first kappa shape index (κ1) is 26.2. The standard InChI is InChI=1S/C21H22N4O7S3/c1-3-5-16(26)32-18-11-22-20(34-18)25-35(29,30)15-8-6-13(7-9-15)19(28)24-21-23-14(12-33-21)10-17(27)31-4-2/h6-9,11-12H,3-5,10H2,1-2H3,(H,22,25)(H,23,24,28). The Hall–Kier alpha value is -3.36. The van der Waals surface area contributed by atoms with Crippen molar-refractivity contribution >= 4 is 60.8 Å². The molecule has 0 bridgehead atoms. The van der Waals surface area contributed by atoms with E-state index >= 15 is 0 Å². The molecule has 186 valence electrons. The molecule has 1 aromatic carbocycles. The van der Waals surface area contributed by atoms with Crippen LogP contribution in [0.1, 0.15) is 42.7 Å². The lowest BCUT2D eigenvalue weighted by Gasteiger charge is -2.06. The summed E-state index contributed by atoms with van der Waals surface area (Å²) in [5.74, 6) is -1.32. The molecule has 2 heterocycles. The molecule has 0 fully saturated rings. The molecule has 3 rings (SSSR count). The molecule has 3 aromatic rings. The number of esters is 2. The fourth-order valence-electron chi connectivity index (χ4n) is 2.66. The van der Waals surface area contributed by atoms with Crippen molar-refractivity contribution in [3.63, 3.8) is 0 Å². The molecule has 0 atom stereocenters. The summed E-state index contributed by atoms with van der Waals surface area (Å²) < 4.78 is 37.6. The van der Waals surface area contributed by atoms with Crippen molar-refractivity contribution in [2.24, 2.45) is 0 Å². The zero-order chi connectivity index (χ0) is 25.4. The SMILES string of the molecule is CCCC(=O)Oc1cnc(NS(=O)(=O)c2ccc(C(=O)Nc3nc(CC(=O)OCC)cs3)cc2)s1. The van der Waals surface area contributed by atoms with Gasteiger partial charge in [-0.2, -0.15) is 0 Å². The first-order valence-corrected chi connectivity index (χ1v) is 13.6. The number of hydrogen-bond donors (Lipinski definition) is 2. The van der Waals surface area contributed by atoms with Crippen LogP contribution in [0.15, 0.2) is 40.7 Å². The van der Waals surface area contributed by atoms with E-state index in [0.29, 0.717) is 17.2 Å². The van der Waals surface area contributed by atoms with Gasteiger partial charge in [0, 0.05) is 17.4 Å². The second kappa shape index (κ2) is 11.9. The smallest absolute Gasteiger partial charge is 0.312 e. The Balaban J connectivity index is 1.60. The van der Waals surface area contributed by atoms with Crippen molar-refractivity contribution in [2.45, 2.75) is 38.0 Å². The number of nitrogens with one attached hydrogen (secondary N) is 2. The maximum absolute atomic E-state index is 12.6. The minimum atomic E-state index is -3.98. The highest BCUT2D eigenvalue weighted by Gasteiger charge is 2.19. The van der Waals surface area contributed by atoms with Gasteiger partial charge in [0.05, 0.1) is 29.8 Å². The third-order valence-corrected chi connectivity index (χ3v) is 7.29. The van der Waals surface area contributed by atoms with Crippen LogP contribution in [0, 0.1) is 0 Å². The highest BCUT2D eigenvalue weighted by molar-refractivity contribution is 7.93. The fourth-order valence-corrected chi connectivity index (χ4v) is 5.29. The van der Waals surface area contributed by atoms with Gasteiger partial charge in [0.15, 0.2) is 10.3 Å². The van der Waals surface area contributed by atoms with E-state index in [0.717, 1.165) is 22.7 Å². The number of ether oxygens (including phenoxy) is 2. The summed E-state index contributed by atoms with van der Waals surface area (Å²) in [6.07, 6.45) is 2.14. The molecule has 0 unspecified atom stereocenters. The summed E-state index contributed by atoms with van der Waals surface area (Å²) in [4.78, 5) is 43.6. The summed E-state index contributed by atoms with van der Waals surface area (Å²) >= 11 is 2.04. The van der Waals surface area contributed by atoms with Gasteiger partial charge in [-0.3, -0.25) is 24.4 Å². The van der Waals surface area contributed by atoms with Crippen LogP contribution in [0.25, 0.3) is 0 Å². The second-order valence-electron chi connectivity index (χ2n) is 6.92. The van der Waals surface area contributed by atoms with Gasteiger partial charge in [0.1, 0.15) is 0 Å². The summed E-state index contributed by atoms with van der Waals surface area (Å²) in [6, 6.07) is 5.27. The van der Waals surface area contributed by atoms with E-state index < -0.39 is 27.9 Å². The number of anilines is 2. The molecule has 0 spiro atoms. The molecule has 2 aromatic heterocycles. The number of sulfonamides is 1. The van der Waals surface area contributed by atoms with Crippen molar-refractivity contribution in [2.75, 3.05) is 16.6 Å². The number of thiazole rings is 2. The van der Waals surface area contributed by atoms with E-state index in [1.165, 1.54) is 30.5 Å². The van der Waals surface area contributed by atoms with Crippen LogP contribution in [-0.4, -0.2) is 42.8 Å². The largest absolute Gasteiger partial charge is 0.466 e. The van der Waals surface area contributed by atoms with Gasteiger partial charge in [0.2, 0.25) is 5.06 Å². The lowest BCUT2D eigenvalue weighted by molar-refractivity contribution is -0.142. The Morgan fingerprint density at radius 2 is 1.80 bits per heavy atom. The number of carbonyl (C=O) groups excluding carboxylic acids is 3. The molecule has 11 nitrogen and oxygen atoms in total. The molecule has 14 heteroatoms. The van der Waals surface area contributed by atoms with Crippen LogP contribution in [0.4, 0.5) is 10.3 Å². The monoisotopic (exact) mass is 538 g/mol. The molecule has 2 N–H and O–H groups in total. The average molecular weight is 539 g/mol. The van der Waals surface area contributed by atoms with Gasteiger partial charge in [0.25, 0.3) is 15.9 Å². The van der Waals surface area contributed by atoms with Gasteiger partial charge >= 0.3 is 11.9 Å². The Morgan fingerprint density at radius 1 is 1.06 bits per heavy atom. The van der Waals surface area contributed by atoms with Crippen molar-refractivity contribution < 1.29 is 32.3 Å². The van der Waals surface area contributed by atoms with Crippen molar-refractivity contribution in [1.29, 1.82) is 0 Å². The molecule has 0 radical (unpaired) electrons. The van der Waals surface area contributed by atoms with Crippen molar-refractivity contribution in [3.05, 3.63) is 47.1 Å². The zero-order valence-electron chi connectivity index (χ0n) is 18.8. The van der Waals surface area contributed by atoms with E-state index in [9.17, 15) is 22.8 Å². The fraction of sp³-hybridized carbons (Fsp3) is 0.286. The van der Waals surface area contributed by atoms with Crippen LogP contribution in [0.3, 0.4) is 0 Å². The Bertz CT molecular complexity index is 1300. The van der Waals surface area contributed by atoms with Crippen LogP contribution in [-0.2, 0) is 30.8 Å². The normalized spacial score (nSPS) is 11.0. The van der Waals surface area contributed by atoms with Crippen LogP contribution in [0.5, 0.6) is 5.06 Å². The maximum Gasteiger partial charge on any atom is 0.312 e. The van der Waals surface area contributed by atoms with Gasteiger partial charge in [-0.25, -0.2) is 18.4 Å². The van der Waals surface area contributed by atoms with E-state index in [2.05, 4.69) is 20.0 Å². The number of hydrogen-bond acceptors (Lipinski definition) is 11.